The first-order valence-corrected chi connectivity index (χ1v) is 2.62. The lowest BCUT2D eigenvalue weighted by Crippen LogP contribution is -1.97. The van der Waals surface area contributed by atoms with Crippen molar-refractivity contribution in [2.45, 2.75) is 6.42 Å². The molecule has 0 amide bonds. The van der Waals surface area contributed by atoms with Crippen LogP contribution in [0.25, 0.3) is 0 Å². The van der Waals surface area contributed by atoms with Gasteiger partial charge in [0.2, 0.25) is 0 Å². The number of carboxylic acids is 1. The fourth-order valence-corrected chi connectivity index (χ4v) is 0.643. The van der Waals surface area contributed by atoms with Crippen LogP contribution in [0.3, 0.4) is 0 Å². The van der Waals surface area contributed by atoms with E-state index in [1.165, 1.54) is 0 Å². The minimum Gasteiger partial charge on any atom is -0.481 e. The first-order chi connectivity index (χ1) is 4.29. The second-order valence-electron chi connectivity index (χ2n) is 1.79. The predicted octanol–water partition coefficient (Wildman–Crippen LogP) is 1.06. The van der Waals surface area contributed by atoms with E-state index in [2.05, 4.69) is 4.98 Å². The highest BCUT2D eigenvalue weighted by Gasteiger charge is 1.97. The summed E-state index contributed by atoms with van der Waals surface area (Å²) in [6, 6.07) is 1.74. The maximum Gasteiger partial charge on any atom is 0.307 e. The van der Waals surface area contributed by atoms with E-state index in [9.17, 15) is 4.79 Å². The first-order valence-electron chi connectivity index (χ1n) is 2.62. The second kappa shape index (κ2) is 3.95. The van der Waals surface area contributed by atoms with Gasteiger partial charge in [-0.3, -0.25) is 4.79 Å². The third kappa shape index (κ3) is 2.55. The van der Waals surface area contributed by atoms with Crippen molar-refractivity contribution in [3.05, 3.63) is 24.0 Å². The monoisotopic (exact) mass is 161 g/mol. The molecule has 0 aromatic carbocycles. The molecule has 0 aliphatic carbocycles. The molecule has 2 N–H and O–H groups in total. The van der Waals surface area contributed by atoms with Crippen LogP contribution in [-0.2, 0) is 11.2 Å². The first kappa shape index (κ1) is 9.04. The molecule has 56 valence electrons. The second-order valence-corrected chi connectivity index (χ2v) is 1.79. The Hall–Kier alpha value is -0.960. The smallest absolute Gasteiger partial charge is 0.307 e. The average molecular weight is 162 g/mol. The Balaban J connectivity index is 0.000000810. The van der Waals surface area contributed by atoms with Gasteiger partial charge in [-0.25, -0.2) is 0 Å². The van der Waals surface area contributed by atoms with Crippen molar-refractivity contribution in [1.82, 2.24) is 4.98 Å². The number of aromatic amines is 1. The normalized spacial score (nSPS) is 8.40. The maximum absolute atomic E-state index is 10.1. The number of hydrogen-bond acceptors (Lipinski definition) is 1. The van der Waals surface area contributed by atoms with Gasteiger partial charge in [-0.15, -0.1) is 12.4 Å². The van der Waals surface area contributed by atoms with Crippen LogP contribution in [-0.4, -0.2) is 16.1 Å². The van der Waals surface area contributed by atoms with Gasteiger partial charge in [0, 0.05) is 12.4 Å². The molecule has 1 heterocycles. The van der Waals surface area contributed by atoms with Crippen molar-refractivity contribution in [3.63, 3.8) is 0 Å². The van der Waals surface area contributed by atoms with Gasteiger partial charge in [0.05, 0.1) is 6.42 Å². The van der Waals surface area contributed by atoms with Gasteiger partial charge in [0.15, 0.2) is 0 Å². The molecule has 0 atom stereocenters. The summed E-state index contributed by atoms with van der Waals surface area (Å²) in [7, 11) is 0. The molecule has 0 bridgehead atoms. The van der Waals surface area contributed by atoms with Crippen LogP contribution < -0.4 is 0 Å². The van der Waals surface area contributed by atoms with E-state index in [4.69, 9.17) is 5.11 Å². The summed E-state index contributed by atoms with van der Waals surface area (Å²) in [4.78, 5) is 12.8. The molecule has 10 heavy (non-hydrogen) atoms. The van der Waals surface area contributed by atoms with Crippen LogP contribution in [0, 0.1) is 0 Å². The van der Waals surface area contributed by atoms with E-state index < -0.39 is 5.97 Å². The molecule has 0 aliphatic heterocycles. The molecule has 0 saturated heterocycles. The highest BCUT2D eigenvalue weighted by Crippen LogP contribution is 1.96. The Morgan fingerprint density at radius 2 is 2.40 bits per heavy atom. The number of rotatable bonds is 2. The highest BCUT2D eigenvalue weighted by atomic mass is 35.5. The number of nitrogens with one attached hydrogen (secondary N) is 1. The van der Waals surface area contributed by atoms with Crippen LogP contribution in [0.5, 0.6) is 0 Å². The molecule has 1 rings (SSSR count). The van der Waals surface area contributed by atoms with Crippen molar-refractivity contribution < 1.29 is 9.90 Å². The van der Waals surface area contributed by atoms with Gasteiger partial charge < -0.3 is 10.1 Å². The Kier molecular flexibility index (Phi) is 3.57. The predicted molar refractivity (Wildman–Crippen MR) is 39.4 cm³/mol. The third-order valence-electron chi connectivity index (χ3n) is 1.02. The number of carbonyl (C=O) groups is 1. The molecule has 4 heteroatoms. The molecule has 1 aromatic heterocycles. The van der Waals surface area contributed by atoms with Crippen LogP contribution in [0.15, 0.2) is 18.5 Å². The number of aromatic nitrogens is 1. The van der Waals surface area contributed by atoms with Gasteiger partial charge in [-0.1, -0.05) is 0 Å². The zero-order chi connectivity index (χ0) is 6.69. The Morgan fingerprint density at radius 1 is 1.70 bits per heavy atom. The van der Waals surface area contributed by atoms with Gasteiger partial charge in [0.25, 0.3) is 0 Å². The number of carboxylic acid groups (broad SMARTS) is 1. The lowest BCUT2D eigenvalue weighted by molar-refractivity contribution is -0.136. The number of aliphatic carboxylic acids is 1. The molecule has 0 unspecified atom stereocenters. The molecular formula is C6H8ClNO2. The summed E-state index contributed by atoms with van der Waals surface area (Å²) < 4.78 is 0. The molecule has 0 radical (unpaired) electrons. The van der Waals surface area contributed by atoms with Gasteiger partial charge in [0.1, 0.15) is 0 Å². The summed E-state index contributed by atoms with van der Waals surface area (Å²) in [6.45, 7) is 0. The van der Waals surface area contributed by atoms with Gasteiger partial charge in [-0.2, -0.15) is 0 Å². The van der Waals surface area contributed by atoms with Crippen LogP contribution >= 0.6 is 12.4 Å². The molecule has 0 spiro atoms. The van der Waals surface area contributed by atoms with Crippen molar-refractivity contribution in [3.8, 4) is 0 Å². The van der Waals surface area contributed by atoms with Crippen molar-refractivity contribution in [1.29, 1.82) is 0 Å². The van der Waals surface area contributed by atoms with Crippen molar-refractivity contribution in [2.75, 3.05) is 0 Å². The minimum atomic E-state index is -0.797. The SMILES string of the molecule is Cl.O=C(O)Cc1cc[nH]c1. The number of H-pyrrole nitrogens is 1. The fourth-order valence-electron chi connectivity index (χ4n) is 0.643. The van der Waals surface area contributed by atoms with Gasteiger partial charge in [-0.05, 0) is 11.6 Å². The lowest BCUT2D eigenvalue weighted by Gasteiger charge is -1.85. The van der Waals surface area contributed by atoms with Crippen molar-refractivity contribution in [2.24, 2.45) is 0 Å². The molecular weight excluding hydrogens is 154 g/mol. The standard InChI is InChI=1S/C6H7NO2.ClH/c8-6(9)3-5-1-2-7-4-5;/h1-2,4,7H,3H2,(H,8,9);1H. The van der Waals surface area contributed by atoms with Crippen LogP contribution in [0.4, 0.5) is 0 Å². The maximum atomic E-state index is 10.1. The quantitative estimate of drug-likeness (QED) is 0.682. The summed E-state index contributed by atoms with van der Waals surface area (Å²) in [5.74, 6) is -0.797. The summed E-state index contributed by atoms with van der Waals surface area (Å²) in [6.07, 6.45) is 3.48. The third-order valence-corrected chi connectivity index (χ3v) is 1.02. The zero-order valence-electron chi connectivity index (χ0n) is 5.20. The Bertz CT molecular complexity index is 196. The molecule has 0 aliphatic rings. The lowest BCUT2D eigenvalue weighted by atomic mass is 10.2. The number of halogens is 1. The largest absolute Gasteiger partial charge is 0.481 e. The molecule has 3 nitrogen and oxygen atoms in total. The highest BCUT2D eigenvalue weighted by molar-refractivity contribution is 5.85. The van der Waals surface area contributed by atoms with E-state index in [1.807, 2.05) is 0 Å². The summed E-state index contributed by atoms with van der Waals surface area (Å²) >= 11 is 0. The van der Waals surface area contributed by atoms with E-state index in [0.29, 0.717) is 0 Å². The minimum absolute atomic E-state index is 0. The molecule has 0 saturated carbocycles. The fraction of sp³-hybridized carbons (Fsp3) is 0.167. The number of hydrogen-bond donors (Lipinski definition) is 2. The van der Waals surface area contributed by atoms with Crippen molar-refractivity contribution >= 4 is 18.4 Å². The topological polar surface area (TPSA) is 53.1 Å². The van der Waals surface area contributed by atoms with Crippen LogP contribution in [0.2, 0.25) is 0 Å². The summed E-state index contributed by atoms with van der Waals surface area (Å²) in [5, 5.41) is 8.27. The van der Waals surface area contributed by atoms with E-state index in [1.54, 1.807) is 18.5 Å². The van der Waals surface area contributed by atoms with E-state index in [0.717, 1.165) is 5.56 Å². The average Bonchev–Trinajstić information content (AvgIpc) is 2.15. The molecule has 0 fully saturated rings. The van der Waals surface area contributed by atoms with Crippen LogP contribution in [0.1, 0.15) is 5.56 Å². The zero-order valence-corrected chi connectivity index (χ0v) is 6.02. The van der Waals surface area contributed by atoms with E-state index in [-0.39, 0.29) is 18.8 Å². The Labute approximate surface area is 64.5 Å². The van der Waals surface area contributed by atoms with E-state index >= 15 is 0 Å². The summed E-state index contributed by atoms with van der Waals surface area (Å²) in [5.41, 5.74) is 0.808. The molecule has 1 aromatic rings. The van der Waals surface area contributed by atoms with Gasteiger partial charge >= 0.3 is 5.97 Å². The Morgan fingerprint density at radius 3 is 2.80 bits per heavy atom.